The van der Waals surface area contributed by atoms with E-state index in [4.69, 9.17) is 9.47 Å². The summed E-state index contributed by atoms with van der Waals surface area (Å²) in [6.07, 6.45) is 0.515. The molecule has 0 spiro atoms. The van der Waals surface area contributed by atoms with Gasteiger partial charge in [0.25, 0.3) is 11.7 Å². The van der Waals surface area contributed by atoms with Crippen LogP contribution in [-0.4, -0.2) is 51.2 Å². The van der Waals surface area contributed by atoms with Gasteiger partial charge in [-0.2, -0.15) is 4.98 Å². The summed E-state index contributed by atoms with van der Waals surface area (Å²) in [4.78, 5) is 31.3. The molecule has 1 aliphatic rings. The van der Waals surface area contributed by atoms with E-state index in [9.17, 15) is 14.9 Å². The van der Waals surface area contributed by atoms with Gasteiger partial charge in [0, 0.05) is 31.1 Å². The zero-order chi connectivity index (χ0) is 18.9. The number of nitro benzene ring substituents is 1. The Morgan fingerprint density at radius 2 is 2.23 bits per heavy atom. The first kappa shape index (κ1) is 18.0. The number of aromatic amines is 1. The molecule has 1 aromatic carbocycles. The average molecular weight is 362 g/mol. The molecule has 0 radical (unpaired) electrons. The Balaban J connectivity index is 1.56. The monoisotopic (exact) mass is 362 g/mol. The largest absolute Gasteiger partial charge is 0.464 e. The zero-order valence-corrected chi connectivity index (χ0v) is 15.0. The second-order valence-electron chi connectivity index (χ2n) is 7.39. The van der Waals surface area contributed by atoms with Crippen LogP contribution in [0.3, 0.4) is 0 Å². The topological polar surface area (TPSA) is 111 Å². The van der Waals surface area contributed by atoms with Gasteiger partial charge >= 0.3 is 6.09 Å². The van der Waals surface area contributed by atoms with Gasteiger partial charge in [0.15, 0.2) is 0 Å². The highest BCUT2D eigenvalue weighted by molar-refractivity contribution is 5.78. The third-order valence-corrected chi connectivity index (χ3v) is 4.05. The molecule has 1 N–H and O–H groups in total. The first-order valence-electron chi connectivity index (χ1n) is 8.46. The van der Waals surface area contributed by atoms with Crippen molar-refractivity contribution in [3.8, 4) is 6.01 Å². The van der Waals surface area contributed by atoms with Crippen molar-refractivity contribution in [1.29, 1.82) is 0 Å². The fourth-order valence-corrected chi connectivity index (χ4v) is 2.81. The van der Waals surface area contributed by atoms with Gasteiger partial charge in [0.05, 0.1) is 22.6 Å². The molecule has 1 atom stereocenters. The Morgan fingerprint density at radius 3 is 2.92 bits per heavy atom. The average Bonchev–Trinajstić information content (AvgIpc) is 3.17. The van der Waals surface area contributed by atoms with Crippen molar-refractivity contribution in [3.05, 3.63) is 28.3 Å². The number of imidazole rings is 1. The molecule has 140 valence electrons. The highest BCUT2D eigenvalue weighted by Crippen LogP contribution is 2.23. The molecule has 0 bridgehead atoms. The molecule has 1 fully saturated rings. The molecule has 9 nitrogen and oxygen atoms in total. The molecule has 3 rings (SSSR count). The zero-order valence-electron chi connectivity index (χ0n) is 15.0. The normalized spacial score (nSPS) is 17.5. The van der Waals surface area contributed by atoms with Crippen LogP contribution in [0, 0.1) is 16.0 Å². The summed E-state index contributed by atoms with van der Waals surface area (Å²) in [5.74, 6) is 0.185. The minimum atomic E-state index is -0.511. The summed E-state index contributed by atoms with van der Waals surface area (Å²) in [6.45, 7) is 7.13. The van der Waals surface area contributed by atoms with E-state index in [0.717, 1.165) is 6.42 Å². The lowest BCUT2D eigenvalue weighted by Crippen LogP contribution is -2.35. The number of hydrogen-bond donors (Lipinski definition) is 1. The van der Waals surface area contributed by atoms with Gasteiger partial charge in [-0.1, -0.05) is 0 Å². The first-order chi connectivity index (χ1) is 12.2. The van der Waals surface area contributed by atoms with Crippen molar-refractivity contribution < 1.29 is 19.2 Å². The summed E-state index contributed by atoms with van der Waals surface area (Å²) < 4.78 is 11.1. The molecule has 2 aromatic rings. The lowest BCUT2D eigenvalue weighted by atomic mass is 10.1. The van der Waals surface area contributed by atoms with Crippen molar-refractivity contribution in [3.63, 3.8) is 0 Å². The van der Waals surface area contributed by atoms with Gasteiger partial charge in [0.2, 0.25) is 0 Å². The second kappa shape index (κ2) is 6.81. The van der Waals surface area contributed by atoms with Crippen molar-refractivity contribution in [2.45, 2.75) is 32.8 Å². The Morgan fingerprint density at radius 1 is 1.46 bits per heavy atom. The number of carbonyl (C=O) groups excluding carboxylic acids is 1. The lowest BCUT2D eigenvalue weighted by molar-refractivity contribution is -0.384. The predicted molar refractivity (Wildman–Crippen MR) is 94.2 cm³/mol. The van der Waals surface area contributed by atoms with Gasteiger partial charge < -0.3 is 19.4 Å². The van der Waals surface area contributed by atoms with Crippen LogP contribution in [-0.2, 0) is 4.74 Å². The number of likely N-dealkylation sites (tertiary alicyclic amines) is 1. The van der Waals surface area contributed by atoms with Crippen molar-refractivity contribution in [1.82, 2.24) is 14.9 Å². The number of benzene rings is 1. The maximum Gasteiger partial charge on any atom is 0.410 e. The van der Waals surface area contributed by atoms with E-state index in [0.29, 0.717) is 36.7 Å². The van der Waals surface area contributed by atoms with Gasteiger partial charge in [-0.25, -0.2) is 4.79 Å². The van der Waals surface area contributed by atoms with Crippen LogP contribution in [0.5, 0.6) is 6.01 Å². The van der Waals surface area contributed by atoms with Gasteiger partial charge in [-0.05, 0) is 33.3 Å². The number of nitrogens with zero attached hydrogens (tertiary/aromatic N) is 3. The summed E-state index contributed by atoms with van der Waals surface area (Å²) >= 11 is 0. The van der Waals surface area contributed by atoms with Crippen molar-refractivity contribution in [2.24, 2.45) is 5.92 Å². The Kier molecular flexibility index (Phi) is 4.71. The summed E-state index contributed by atoms with van der Waals surface area (Å²) in [7, 11) is 0. The number of fused-ring (bicyclic) bond motifs is 1. The summed E-state index contributed by atoms with van der Waals surface area (Å²) in [6, 6.07) is 4.73. The number of aromatic nitrogens is 2. The van der Waals surface area contributed by atoms with E-state index in [-0.39, 0.29) is 17.7 Å². The quantitative estimate of drug-likeness (QED) is 0.661. The van der Waals surface area contributed by atoms with Gasteiger partial charge in [0.1, 0.15) is 5.60 Å². The van der Waals surface area contributed by atoms with E-state index >= 15 is 0 Å². The predicted octanol–water partition coefficient (Wildman–Crippen LogP) is 3.11. The molecule has 1 aromatic heterocycles. The number of non-ortho nitro benzene ring substituents is 1. The Bertz CT molecular complexity index is 826. The van der Waals surface area contributed by atoms with Crippen LogP contribution in [0.2, 0.25) is 0 Å². The number of H-pyrrole nitrogens is 1. The maximum atomic E-state index is 12.1. The highest BCUT2D eigenvalue weighted by atomic mass is 16.6. The standard InChI is InChI=1S/C17H22N4O5/c1-17(2,3)26-16(22)20-7-6-11(9-20)10-25-15-18-13-5-4-12(21(23)24)8-14(13)19-15/h4-5,8,11H,6-7,9-10H2,1-3H3,(H,18,19)/t11-/m0/s1. The molecular weight excluding hydrogens is 340 g/mol. The number of hydrogen-bond acceptors (Lipinski definition) is 6. The van der Waals surface area contributed by atoms with Crippen LogP contribution in [0.15, 0.2) is 18.2 Å². The molecule has 1 saturated heterocycles. The van der Waals surface area contributed by atoms with E-state index in [1.165, 1.54) is 12.1 Å². The van der Waals surface area contributed by atoms with Crippen molar-refractivity contribution >= 4 is 22.8 Å². The summed E-state index contributed by atoms with van der Waals surface area (Å²) in [5.41, 5.74) is 0.641. The van der Waals surface area contributed by atoms with Crippen LogP contribution in [0.1, 0.15) is 27.2 Å². The molecule has 26 heavy (non-hydrogen) atoms. The Hall–Kier alpha value is -2.84. The maximum absolute atomic E-state index is 12.1. The molecule has 0 saturated carbocycles. The van der Waals surface area contributed by atoms with Gasteiger partial charge in [-0.15, -0.1) is 0 Å². The van der Waals surface area contributed by atoms with E-state index in [1.807, 2.05) is 20.8 Å². The van der Waals surface area contributed by atoms with Crippen LogP contribution in [0.25, 0.3) is 11.0 Å². The van der Waals surface area contributed by atoms with Crippen LogP contribution >= 0.6 is 0 Å². The lowest BCUT2D eigenvalue weighted by Gasteiger charge is -2.24. The third kappa shape index (κ3) is 4.22. The number of nitro groups is 1. The molecule has 9 heteroatoms. The molecule has 1 aliphatic heterocycles. The Labute approximate surface area is 150 Å². The SMILES string of the molecule is CC(C)(C)OC(=O)N1CC[C@H](COc2nc3ccc([N+](=O)[O-])cc3[nH]2)C1. The van der Waals surface area contributed by atoms with Crippen LogP contribution in [0.4, 0.5) is 10.5 Å². The fourth-order valence-electron chi connectivity index (χ4n) is 2.81. The van der Waals surface area contributed by atoms with E-state index < -0.39 is 10.5 Å². The smallest absolute Gasteiger partial charge is 0.410 e. The molecule has 2 heterocycles. The molecule has 1 amide bonds. The number of carbonyl (C=O) groups is 1. The fraction of sp³-hybridized carbons (Fsp3) is 0.529. The van der Waals surface area contributed by atoms with E-state index in [2.05, 4.69) is 9.97 Å². The number of ether oxygens (including phenoxy) is 2. The minimum Gasteiger partial charge on any atom is -0.464 e. The highest BCUT2D eigenvalue weighted by Gasteiger charge is 2.30. The van der Waals surface area contributed by atoms with Crippen molar-refractivity contribution in [2.75, 3.05) is 19.7 Å². The number of rotatable bonds is 4. The third-order valence-electron chi connectivity index (χ3n) is 4.05. The first-order valence-corrected chi connectivity index (χ1v) is 8.46. The van der Waals surface area contributed by atoms with Gasteiger partial charge in [-0.3, -0.25) is 10.1 Å². The molecule has 0 aliphatic carbocycles. The second-order valence-corrected chi connectivity index (χ2v) is 7.39. The number of nitrogens with one attached hydrogen (secondary N) is 1. The summed E-state index contributed by atoms with van der Waals surface area (Å²) in [5, 5.41) is 10.8. The molecular formula is C17H22N4O5. The number of amides is 1. The van der Waals surface area contributed by atoms with Crippen LogP contribution < -0.4 is 4.74 Å². The molecule has 0 unspecified atom stereocenters. The minimum absolute atomic E-state index is 0.00324. The van der Waals surface area contributed by atoms with E-state index in [1.54, 1.807) is 11.0 Å².